The number of fused-ring (bicyclic) bond motifs is 1. The predicted molar refractivity (Wildman–Crippen MR) is 108 cm³/mol. The van der Waals surface area contributed by atoms with Gasteiger partial charge in [-0.3, -0.25) is 0 Å². The summed E-state index contributed by atoms with van der Waals surface area (Å²) in [7, 11) is 0. The molecule has 3 aromatic rings. The quantitative estimate of drug-likeness (QED) is 0.641. The molecule has 0 fully saturated rings. The number of β-amino-alcohol motifs (C(OH)–C–C–N with tert-alkyl or cyclic N) is 1. The number of ether oxygens (including phenoxy) is 1. The lowest BCUT2D eigenvalue weighted by Gasteiger charge is -2.28. The number of aliphatic hydroxyl groups excluding tert-OH is 1. The van der Waals surface area contributed by atoms with Crippen LogP contribution < -0.4 is 10.1 Å². The highest BCUT2D eigenvalue weighted by Gasteiger charge is 2.20. The van der Waals surface area contributed by atoms with Gasteiger partial charge in [-0.1, -0.05) is 60.7 Å². The molecule has 3 nitrogen and oxygen atoms in total. The lowest BCUT2D eigenvalue weighted by molar-refractivity contribution is 0.0989. The second-order valence-corrected chi connectivity index (χ2v) is 7.36. The molecule has 2 N–H and O–H groups in total. The Hall–Kier alpha value is -2.36. The van der Waals surface area contributed by atoms with Gasteiger partial charge in [-0.25, -0.2) is 0 Å². The number of nitrogens with one attached hydrogen (secondary N) is 1. The fourth-order valence-corrected chi connectivity index (χ4v) is 3.15. The fraction of sp³-hybridized carbons (Fsp3) is 0.304. The van der Waals surface area contributed by atoms with Gasteiger partial charge in [0, 0.05) is 12.1 Å². The van der Waals surface area contributed by atoms with Gasteiger partial charge in [0.25, 0.3) is 0 Å². The van der Waals surface area contributed by atoms with E-state index in [1.165, 1.54) is 16.3 Å². The number of hydrogen-bond donors (Lipinski definition) is 2. The summed E-state index contributed by atoms with van der Waals surface area (Å²) in [5.74, 6) is 0.779. The van der Waals surface area contributed by atoms with E-state index < -0.39 is 6.10 Å². The second-order valence-electron chi connectivity index (χ2n) is 7.36. The molecule has 0 heterocycles. The molecule has 1 atom stereocenters. The van der Waals surface area contributed by atoms with Crippen LogP contribution in [0.5, 0.6) is 5.75 Å². The van der Waals surface area contributed by atoms with E-state index in [9.17, 15) is 5.11 Å². The Bertz CT molecular complexity index is 824. The van der Waals surface area contributed by atoms with Crippen molar-refractivity contribution in [3.05, 3.63) is 78.4 Å². The molecule has 0 bridgehead atoms. The first kappa shape index (κ1) is 18.4. The van der Waals surface area contributed by atoms with Crippen LogP contribution in [0.1, 0.15) is 19.4 Å². The average molecular weight is 349 g/mol. The molecule has 0 aliphatic heterocycles. The maximum atomic E-state index is 10.2. The van der Waals surface area contributed by atoms with Gasteiger partial charge in [-0.05, 0) is 48.7 Å². The summed E-state index contributed by atoms with van der Waals surface area (Å²) >= 11 is 0. The fourth-order valence-electron chi connectivity index (χ4n) is 3.15. The molecular formula is C23H27NO2. The molecule has 0 radical (unpaired) electrons. The van der Waals surface area contributed by atoms with E-state index >= 15 is 0 Å². The largest absolute Gasteiger partial charge is 0.491 e. The molecular weight excluding hydrogens is 322 g/mol. The SMILES string of the molecule is CC(C)(Cc1cccc2ccccc12)NCC(O)COc1ccccc1. The first-order valence-electron chi connectivity index (χ1n) is 9.11. The molecule has 136 valence electrons. The molecule has 3 rings (SSSR count). The Balaban J connectivity index is 1.55. The normalized spacial score (nSPS) is 12.9. The Morgan fingerprint density at radius 3 is 2.42 bits per heavy atom. The highest BCUT2D eigenvalue weighted by Crippen LogP contribution is 2.22. The van der Waals surface area contributed by atoms with E-state index in [1.54, 1.807) is 0 Å². The molecule has 0 spiro atoms. The van der Waals surface area contributed by atoms with E-state index in [2.05, 4.69) is 61.6 Å². The van der Waals surface area contributed by atoms with Gasteiger partial charge in [0.15, 0.2) is 0 Å². The van der Waals surface area contributed by atoms with Crippen LogP contribution in [0.4, 0.5) is 0 Å². The van der Waals surface area contributed by atoms with Gasteiger partial charge >= 0.3 is 0 Å². The first-order valence-corrected chi connectivity index (χ1v) is 9.11. The summed E-state index contributed by atoms with van der Waals surface area (Å²) in [6, 6.07) is 24.5. The number of rotatable bonds is 8. The molecule has 3 aromatic carbocycles. The number of aliphatic hydroxyl groups is 1. The molecule has 0 aliphatic carbocycles. The summed E-state index contributed by atoms with van der Waals surface area (Å²) in [6.45, 7) is 5.10. The zero-order valence-electron chi connectivity index (χ0n) is 15.5. The Morgan fingerprint density at radius 2 is 1.62 bits per heavy atom. The monoisotopic (exact) mass is 349 g/mol. The summed E-state index contributed by atoms with van der Waals surface area (Å²) in [5, 5.41) is 16.3. The van der Waals surface area contributed by atoms with Crippen molar-refractivity contribution in [3.8, 4) is 5.75 Å². The van der Waals surface area contributed by atoms with E-state index in [1.807, 2.05) is 30.3 Å². The van der Waals surface area contributed by atoms with Gasteiger partial charge in [0.05, 0.1) is 0 Å². The minimum absolute atomic E-state index is 0.127. The van der Waals surface area contributed by atoms with Gasteiger partial charge in [-0.2, -0.15) is 0 Å². The first-order chi connectivity index (χ1) is 12.5. The molecule has 0 amide bonds. The number of hydrogen-bond acceptors (Lipinski definition) is 3. The Kier molecular flexibility index (Phi) is 5.92. The summed E-state index contributed by atoms with van der Waals surface area (Å²) in [5.41, 5.74) is 1.19. The number of para-hydroxylation sites is 1. The maximum Gasteiger partial charge on any atom is 0.119 e. The number of benzene rings is 3. The third-order valence-corrected chi connectivity index (χ3v) is 4.51. The molecule has 3 heteroatoms. The van der Waals surface area contributed by atoms with Crippen LogP contribution in [-0.4, -0.2) is 29.9 Å². The zero-order valence-corrected chi connectivity index (χ0v) is 15.5. The summed E-state index contributed by atoms with van der Waals surface area (Å²) in [4.78, 5) is 0. The molecule has 26 heavy (non-hydrogen) atoms. The van der Waals surface area contributed by atoms with Crippen LogP contribution >= 0.6 is 0 Å². The Labute approximate surface area is 155 Å². The summed E-state index contributed by atoms with van der Waals surface area (Å²) in [6.07, 6.45) is 0.336. The molecule has 0 aliphatic rings. The van der Waals surface area contributed by atoms with Crippen LogP contribution in [-0.2, 0) is 6.42 Å². The standard InChI is InChI=1S/C23H27NO2/c1-23(2,15-19-11-8-10-18-9-6-7-14-22(18)19)24-16-20(25)17-26-21-12-4-3-5-13-21/h3-14,20,24-25H,15-17H2,1-2H3. The lowest BCUT2D eigenvalue weighted by atomic mass is 9.91. The van der Waals surface area contributed by atoms with E-state index in [0.717, 1.165) is 12.2 Å². The van der Waals surface area contributed by atoms with Crippen LogP contribution in [0.2, 0.25) is 0 Å². The van der Waals surface area contributed by atoms with Crippen molar-refractivity contribution < 1.29 is 9.84 Å². The van der Waals surface area contributed by atoms with E-state index in [4.69, 9.17) is 4.74 Å². The van der Waals surface area contributed by atoms with Crippen molar-refractivity contribution in [2.45, 2.75) is 31.9 Å². The minimum Gasteiger partial charge on any atom is -0.491 e. The van der Waals surface area contributed by atoms with Gasteiger partial charge < -0.3 is 15.2 Å². The molecule has 0 saturated carbocycles. The van der Waals surface area contributed by atoms with Crippen molar-refractivity contribution in [2.75, 3.05) is 13.2 Å². The Morgan fingerprint density at radius 1 is 0.923 bits per heavy atom. The highest BCUT2D eigenvalue weighted by atomic mass is 16.5. The smallest absolute Gasteiger partial charge is 0.119 e. The van der Waals surface area contributed by atoms with Crippen molar-refractivity contribution >= 4 is 10.8 Å². The third kappa shape index (κ3) is 5.07. The van der Waals surface area contributed by atoms with Gasteiger partial charge in [0.2, 0.25) is 0 Å². The molecule has 0 aromatic heterocycles. The minimum atomic E-state index is -0.554. The van der Waals surface area contributed by atoms with Crippen molar-refractivity contribution in [2.24, 2.45) is 0 Å². The van der Waals surface area contributed by atoms with E-state index in [0.29, 0.717) is 6.54 Å². The van der Waals surface area contributed by atoms with Crippen molar-refractivity contribution in [1.82, 2.24) is 5.32 Å². The van der Waals surface area contributed by atoms with Crippen LogP contribution in [0, 0.1) is 0 Å². The molecule has 1 unspecified atom stereocenters. The lowest BCUT2D eigenvalue weighted by Crippen LogP contribution is -2.46. The van der Waals surface area contributed by atoms with Gasteiger partial charge in [0.1, 0.15) is 18.5 Å². The predicted octanol–water partition coefficient (Wildman–Crippen LogP) is 4.19. The van der Waals surface area contributed by atoms with Gasteiger partial charge in [-0.15, -0.1) is 0 Å². The summed E-state index contributed by atoms with van der Waals surface area (Å²) < 4.78 is 5.62. The average Bonchev–Trinajstić information content (AvgIpc) is 2.66. The second kappa shape index (κ2) is 8.35. The zero-order chi connectivity index (χ0) is 18.4. The van der Waals surface area contributed by atoms with Crippen LogP contribution in [0.25, 0.3) is 10.8 Å². The maximum absolute atomic E-state index is 10.2. The third-order valence-electron chi connectivity index (χ3n) is 4.51. The topological polar surface area (TPSA) is 41.5 Å². The highest BCUT2D eigenvalue weighted by molar-refractivity contribution is 5.85. The van der Waals surface area contributed by atoms with Crippen molar-refractivity contribution in [3.63, 3.8) is 0 Å². The van der Waals surface area contributed by atoms with Crippen LogP contribution in [0.3, 0.4) is 0 Å². The van der Waals surface area contributed by atoms with E-state index in [-0.39, 0.29) is 12.1 Å². The van der Waals surface area contributed by atoms with Crippen molar-refractivity contribution in [1.29, 1.82) is 0 Å². The molecule has 0 saturated heterocycles. The van der Waals surface area contributed by atoms with Crippen LogP contribution in [0.15, 0.2) is 72.8 Å².